The standard InChI is InChI=1S/C19H33N5O8/c1-10(25)15(21)18(30)24-8-4-6-13(24)17(29)22-11(5-2-3-7-20)16(28)23-12(19(31)32)9-14(26)27/h10-13,15,25H,2-9,20-21H2,1H3,(H,22,29)(H,23,28)(H,26,27)(H,31,32). The molecule has 0 spiro atoms. The number of carboxylic acid groups (broad SMARTS) is 2. The molecular weight excluding hydrogens is 426 g/mol. The lowest BCUT2D eigenvalue weighted by molar-refractivity contribution is -0.147. The molecule has 1 heterocycles. The first kappa shape index (κ1) is 27.3. The van der Waals surface area contributed by atoms with Gasteiger partial charge in [-0.05, 0) is 45.6 Å². The molecule has 9 N–H and O–H groups in total. The quantitative estimate of drug-likeness (QED) is 0.141. The van der Waals surface area contributed by atoms with E-state index in [4.69, 9.17) is 21.7 Å². The number of carbonyl (C=O) groups excluding carboxylic acids is 3. The van der Waals surface area contributed by atoms with E-state index in [9.17, 15) is 29.1 Å². The highest BCUT2D eigenvalue weighted by atomic mass is 16.4. The van der Waals surface area contributed by atoms with Gasteiger partial charge in [0.05, 0.1) is 12.5 Å². The predicted molar refractivity (Wildman–Crippen MR) is 111 cm³/mol. The topological polar surface area (TPSA) is 225 Å². The van der Waals surface area contributed by atoms with Crippen LogP contribution in [0.3, 0.4) is 0 Å². The van der Waals surface area contributed by atoms with E-state index in [-0.39, 0.29) is 13.0 Å². The van der Waals surface area contributed by atoms with E-state index in [1.807, 2.05) is 0 Å². The lowest BCUT2D eigenvalue weighted by atomic mass is 10.1. The van der Waals surface area contributed by atoms with Gasteiger partial charge in [-0.15, -0.1) is 0 Å². The number of aliphatic hydroxyl groups excluding tert-OH is 1. The van der Waals surface area contributed by atoms with E-state index in [1.54, 1.807) is 0 Å². The van der Waals surface area contributed by atoms with Crippen molar-refractivity contribution in [3.8, 4) is 0 Å². The van der Waals surface area contributed by atoms with Crippen LogP contribution in [-0.4, -0.2) is 93.2 Å². The van der Waals surface area contributed by atoms with Crippen molar-refractivity contribution in [2.75, 3.05) is 13.1 Å². The first-order valence-corrected chi connectivity index (χ1v) is 10.5. The zero-order chi connectivity index (χ0) is 24.4. The Labute approximate surface area is 185 Å². The lowest BCUT2D eigenvalue weighted by Crippen LogP contribution is -2.57. The molecule has 13 nitrogen and oxygen atoms in total. The van der Waals surface area contributed by atoms with Crippen molar-refractivity contribution < 1.29 is 39.3 Å². The molecule has 0 bridgehead atoms. The molecule has 182 valence electrons. The summed E-state index contributed by atoms with van der Waals surface area (Å²) in [6.07, 6.45) is 0.0660. The van der Waals surface area contributed by atoms with Crippen molar-refractivity contribution in [3.63, 3.8) is 0 Å². The molecule has 0 aliphatic carbocycles. The van der Waals surface area contributed by atoms with Crippen LogP contribution in [0, 0.1) is 0 Å². The molecule has 1 fully saturated rings. The van der Waals surface area contributed by atoms with Crippen LogP contribution in [-0.2, 0) is 24.0 Å². The average Bonchev–Trinajstić information content (AvgIpc) is 3.20. The smallest absolute Gasteiger partial charge is 0.326 e. The number of hydrogen-bond acceptors (Lipinski definition) is 8. The van der Waals surface area contributed by atoms with Gasteiger partial charge in [0.2, 0.25) is 17.7 Å². The fraction of sp³-hybridized carbons (Fsp3) is 0.737. The summed E-state index contributed by atoms with van der Waals surface area (Å²) in [5, 5.41) is 32.3. The van der Waals surface area contributed by atoms with Gasteiger partial charge in [0.25, 0.3) is 0 Å². The van der Waals surface area contributed by atoms with E-state index in [2.05, 4.69) is 10.6 Å². The van der Waals surface area contributed by atoms with E-state index in [1.165, 1.54) is 11.8 Å². The van der Waals surface area contributed by atoms with Crippen LogP contribution < -0.4 is 22.1 Å². The maximum atomic E-state index is 12.9. The average molecular weight is 460 g/mol. The van der Waals surface area contributed by atoms with Crippen LogP contribution in [0.4, 0.5) is 0 Å². The van der Waals surface area contributed by atoms with Crippen LogP contribution in [0.2, 0.25) is 0 Å². The number of nitrogens with one attached hydrogen (secondary N) is 2. The monoisotopic (exact) mass is 459 g/mol. The van der Waals surface area contributed by atoms with E-state index < -0.39 is 66.4 Å². The van der Waals surface area contributed by atoms with Crippen molar-refractivity contribution in [1.29, 1.82) is 0 Å². The summed E-state index contributed by atoms with van der Waals surface area (Å²) >= 11 is 0. The third-order valence-corrected chi connectivity index (χ3v) is 5.22. The Morgan fingerprint density at radius 1 is 1.09 bits per heavy atom. The molecule has 0 radical (unpaired) electrons. The number of carbonyl (C=O) groups is 5. The second kappa shape index (κ2) is 12.9. The van der Waals surface area contributed by atoms with Gasteiger partial charge in [-0.2, -0.15) is 0 Å². The van der Waals surface area contributed by atoms with Gasteiger partial charge >= 0.3 is 11.9 Å². The van der Waals surface area contributed by atoms with E-state index >= 15 is 0 Å². The molecule has 1 saturated heterocycles. The first-order chi connectivity index (χ1) is 15.0. The van der Waals surface area contributed by atoms with Crippen LogP contribution in [0.25, 0.3) is 0 Å². The number of nitrogens with zero attached hydrogens (tertiary/aromatic N) is 1. The largest absolute Gasteiger partial charge is 0.481 e. The SMILES string of the molecule is CC(O)C(N)C(=O)N1CCCC1C(=O)NC(CCCCN)C(=O)NC(CC(=O)O)C(=O)O. The third-order valence-electron chi connectivity index (χ3n) is 5.22. The fourth-order valence-electron chi connectivity index (χ4n) is 3.38. The molecule has 0 saturated carbocycles. The van der Waals surface area contributed by atoms with Crippen LogP contribution >= 0.6 is 0 Å². The summed E-state index contributed by atoms with van der Waals surface area (Å²) in [5.74, 6) is -4.98. The zero-order valence-electron chi connectivity index (χ0n) is 18.0. The van der Waals surface area contributed by atoms with Crippen LogP contribution in [0.1, 0.15) is 45.4 Å². The van der Waals surface area contributed by atoms with Gasteiger partial charge in [0.1, 0.15) is 24.2 Å². The van der Waals surface area contributed by atoms with Crippen molar-refractivity contribution in [1.82, 2.24) is 15.5 Å². The van der Waals surface area contributed by atoms with E-state index in [0.717, 1.165) is 0 Å². The van der Waals surface area contributed by atoms with Gasteiger partial charge in [-0.1, -0.05) is 0 Å². The summed E-state index contributed by atoms with van der Waals surface area (Å²) in [4.78, 5) is 61.4. The number of rotatable bonds is 13. The molecule has 5 unspecified atom stereocenters. The number of carboxylic acids is 2. The van der Waals surface area contributed by atoms with Crippen molar-refractivity contribution in [2.45, 2.75) is 75.7 Å². The van der Waals surface area contributed by atoms with Crippen molar-refractivity contribution in [2.24, 2.45) is 11.5 Å². The molecule has 1 aliphatic heterocycles. The number of hydrogen-bond donors (Lipinski definition) is 7. The van der Waals surface area contributed by atoms with Crippen molar-refractivity contribution >= 4 is 29.7 Å². The second-order valence-electron chi connectivity index (χ2n) is 7.80. The Morgan fingerprint density at radius 2 is 1.75 bits per heavy atom. The maximum Gasteiger partial charge on any atom is 0.326 e. The molecular formula is C19H33N5O8. The van der Waals surface area contributed by atoms with Gasteiger partial charge in [0.15, 0.2) is 0 Å². The van der Waals surface area contributed by atoms with Crippen LogP contribution in [0.5, 0.6) is 0 Å². The second-order valence-corrected chi connectivity index (χ2v) is 7.80. The Balaban J connectivity index is 2.93. The zero-order valence-corrected chi connectivity index (χ0v) is 18.0. The summed E-state index contributed by atoms with van der Waals surface area (Å²) in [5.41, 5.74) is 11.2. The third kappa shape index (κ3) is 8.05. The Kier molecular flexibility index (Phi) is 11.0. The first-order valence-electron chi connectivity index (χ1n) is 10.5. The number of unbranched alkanes of at least 4 members (excludes halogenated alkanes) is 1. The number of nitrogens with two attached hydrogens (primary N) is 2. The number of amides is 3. The Morgan fingerprint density at radius 3 is 2.28 bits per heavy atom. The normalized spacial score (nSPS) is 19.5. The molecule has 1 aliphatic rings. The molecule has 1 rings (SSSR count). The minimum absolute atomic E-state index is 0.141. The summed E-state index contributed by atoms with van der Waals surface area (Å²) in [6.45, 7) is 1.98. The summed E-state index contributed by atoms with van der Waals surface area (Å²) in [6, 6.07) is -4.90. The minimum Gasteiger partial charge on any atom is -0.481 e. The minimum atomic E-state index is -1.66. The maximum absolute atomic E-state index is 12.9. The molecule has 3 amide bonds. The Hall–Kier alpha value is -2.77. The highest BCUT2D eigenvalue weighted by Crippen LogP contribution is 2.19. The van der Waals surface area contributed by atoms with E-state index in [0.29, 0.717) is 32.2 Å². The molecule has 0 aromatic rings. The number of aliphatic carboxylic acids is 2. The van der Waals surface area contributed by atoms with Gasteiger partial charge in [0, 0.05) is 6.54 Å². The number of aliphatic hydroxyl groups is 1. The molecule has 0 aromatic heterocycles. The van der Waals surface area contributed by atoms with Gasteiger partial charge in [-0.25, -0.2) is 4.79 Å². The summed E-state index contributed by atoms with van der Waals surface area (Å²) in [7, 11) is 0. The fourth-order valence-corrected chi connectivity index (χ4v) is 3.38. The van der Waals surface area contributed by atoms with Crippen molar-refractivity contribution in [3.05, 3.63) is 0 Å². The molecule has 13 heteroatoms. The highest BCUT2D eigenvalue weighted by molar-refractivity contribution is 5.95. The lowest BCUT2D eigenvalue weighted by Gasteiger charge is -2.29. The summed E-state index contributed by atoms with van der Waals surface area (Å²) < 4.78 is 0. The highest BCUT2D eigenvalue weighted by Gasteiger charge is 2.38. The molecule has 32 heavy (non-hydrogen) atoms. The molecule has 0 aromatic carbocycles. The Bertz CT molecular complexity index is 701. The molecule has 5 atom stereocenters. The number of likely N-dealkylation sites (tertiary alicyclic amines) is 1. The predicted octanol–water partition coefficient (Wildman–Crippen LogP) is -2.66. The van der Waals surface area contributed by atoms with Crippen LogP contribution in [0.15, 0.2) is 0 Å². The van der Waals surface area contributed by atoms with Gasteiger partial charge < -0.3 is 42.3 Å². The van der Waals surface area contributed by atoms with Gasteiger partial charge in [-0.3, -0.25) is 19.2 Å².